The molecule has 0 saturated carbocycles. The fourth-order valence-corrected chi connectivity index (χ4v) is 3.43. The summed E-state index contributed by atoms with van der Waals surface area (Å²) in [6.07, 6.45) is 1.32. The van der Waals surface area contributed by atoms with Crippen molar-refractivity contribution in [3.8, 4) is 11.5 Å². The average molecular weight is 441 g/mol. The predicted molar refractivity (Wildman–Crippen MR) is 127 cm³/mol. The van der Waals surface area contributed by atoms with Crippen molar-refractivity contribution in [1.82, 2.24) is 10.2 Å². The van der Waals surface area contributed by atoms with Crippen molar-refractivity contribution >= 4 is 11.8 Å². The standard InChI is InChI=1S/C26H36N2O4/c1-7-19(4)27-26(30)23(8-2)28(16-21-12-10-13-22(15-21)31-6)25(29)17-32-24-14-9-11-18(3)20(24)5/h9-15,19,23H,7-8,16-17H2,1-6H3,(H,27,30)/t19-,23+/m0/s1. The zero-order valence-electron chi connectivity index (χ0n) is 20.1. The first-order valence-electron chi connectivity index (χ1n) is 11.2. The molecule has 0 aliphatic heterocycles. The van der Waals surface area contributed by atoms with Crippen LogP contribution < -0.4 is 14.8 Å². The molecule has 0 fully saturated rings. The molecule has 6 heteroatoms. The van der Waals surface area contributed by atoms with Gasteiger partial charge in [0.05, 0.1) is 7.11 Å². The zero-order valence-corrected chi connectivity index (χ0v) is 20.1. The third-order valence-electron chi connectivity index (χ3n) is 5.78. The first kappa shape index (κ1) is 25.2. The van der Waals surface area contributed by atoms with E-state index in [0.717, 1.165) is 23.1 Å². The summed E-state index contributed by atoms with van der Waals surface area (Å²) >= 11 is 0. The fourth-order valence-electron chi connectivity index (χ4n) is 3.43. The minimum absolute atomic E-state index is 0.0384. The molecule has 0 aliphatic carbocycles. The Labute approximate surface area is 191 Å². The Morgan fingerprint density at radius 3 is 2.44 bits per heavy atom. The van der Waals surface area contributed by atoms with Crippen molar-refractivity contribution in [2.75, 3.05) is 13.7 Å². The second-order valence-electron chi connectivity index (χ2n) is 8.10. The Bertz CT molecular complexity index is 912. The van der Waals surface area contributed by atoms with E-state index >= 15 is 0 Å². The first-order valence-corrected chi connectivity index (χ1v) is 11.2. The summed E-state index contributed by atoms with van der Waals surface area (Å²) in [4.78, 5) is 27.9. The summed E-state index contributed by atoms with van der Waals surface area (Å²) < 4.78 is 11.2. The molecular weight excluding hydrogens is 404 g/mol. The molecule has 2 amide bonds. The molecule has 0 spiro atoms. The van der Waals surface area contributed by atoms with Gasteiger partial charge in [0.1, 0.15) is 17.5 Å². The lowest BCUT2D eigenvalue weighted by molar-refractivity contribution is -0.143. The van der Waals surface area contributed by atoms with Gasteiger partial charge in [-0.3, -0.25) is 9.59 Å². The van der Waals surface area contributed by atoms with Crippen LogP contribution in [0, 0.1) is 13.8 Å². The molecule has 2 aromatic carbocycles. The highest BCUT2D eigenvalue weighted by Gasteiger charge is 2.29. The Hall–Kier alpha value is -3.02. The molecule has 0 aromatic heterocycles. The number of carbonyl (C=O) groups excluding carboxylic acids is 2. The van der Waals surface area contributed by atoms with Crippen LogP contribution in [0.5, 0.6) is 11.5 Å². The van der Waals surface area contributed by atoms with Crippen LogP contribution in [0.3, 0.4) is 0 Å². The van der Waals surface area contributed by atoms with Crippen molar-refractivity contribution < 1.29 is 19.1 Å². The molecule has 174 valence electrons. The van der Waals surface area contributed by atoms with Crippen molar-refractivity contribution in [3.05, 3.63) is 59.2 Å². The number of nitrogens with one attached hydrogen (secondary N) is 1. The molecule has 0 radical (unpaired) electrons. The Morgan fingerprint density at radius 1 is 1.06 bits per heavy atom. The normalized spacial score (nSPS) is 12.6. The molecule has 2 rings (SSSR count). The number of methoxy groups -OCH3 is 1. The minimum Gasteiger partial charge on any atom is -0.497 e. The van der Waals surface area contributed by atoms with Gasteiger partial charge in [-0.2, -0.15) is 0 Å². The zero-order chi connectivity index (χ0) is 23.7. The summed E-state index contributed by atoms with van der Waals surface area (Å²) in [5.74, 6) is 1.00. The summed E-state index contributed by atoms with van der Waals surface area (Å²) in [6.45, 7) is 10.0. The van der Waals surface area contributed by atoms with Gasteiger partial charge < -0.3 is 19.7 Å². The number of nitrogens with zero attached hydrogens (tertiary/aromatic N) is 1. The van der Waals surface area contributed by atoms with E-state index in [1.807, 2.05) is 77.1 Å². The van der Waals surface area contributed by atoms with Crippen molar-refractivity contribution in [1.29, 1.82) is 0 Å². The quantitative estimate of drug-likeness (QED) is 0.562. The van der Waals surface area contributed by atoms with Crippen LogP contribution in [0.2, 0.25) is 0 Å². The number of carbonyl (C=O) groups is 2. The third-order valence-corrected chi connectivity index (χ3v) is 5.78. The second kappa shape index (κ2) is 12.1. The highest BCUT2D eigenvalue weighted by Crippen LogP contribution is 2.22. The van der Waals surface area contributed by atoms with Gasteiger partial charge >= 0.3 is 0 Å². The van der Waals surface area contributed by atoms with Crippen LogP contribution in [-0.4, -0.2) is 42.5 Å². The lowest BCUT2D eigenvalue weighted by Crippen LogP contribution is -2.51. The van der Waals surface area contributed by atoms with Gasteiger partial charge in [0.2, 0.25) is 5.91 Å². The maximum Gasteiger partial charge on any atom is 0.261 e. The van der Waals surface area contributed by atoms with E-state index in [4.69, 9.17) is 9.47 Å². The van der Waals surface area contributed by atoms with E-state index in [1.54, 1.807) is 12.0 Å². The highest BCUT2D eigenvalue weighted by molar-refractivity contribution is 5.88. The number of hydrogen-bond donors (Lipinski definition) is 1. The number of ether oxygens (including phenoxy) is 2. The molecule has 2 aromatic rings. The molecule has 2 atom stereocenters. The van der Waals surface area contributed by atoms with E-state index in [2.05, 4.69) is 5.32 Å². The molecule has 32 heavy (non-hydrogen) atoms. The van der Waals surface area contributed by atoms with E-state index in [0.29, 0.717) is 24.5 Å². The molecule has 0 bridgehead atoms. The van der Waals surface area contributed by atoms with E-state index in [9.17, 15) is 9.59 Å². The Balaban J connectivity index is 2.27. The topological polar surface area (TPSA) is 67.9 Å². The monoisotopic (exact) mass is 440 g/mol. The van der Waals surface area contributed by atoms with Crippen LogP contribution in [0.1, 0.15) is 50.3 Å². The fraction of sp³-hybridized carbons (Fsp3) is 0.462. The van der Waals surface area contributed by atoms with Crippen LogP contribution >= 0.6 is 0 Å². The molecule has 0 heterocycles. The summed E-state index contributed by atoms with van der Waals surface area (Å²) in [5.41, 5.74) is 2.99. The average Bonchev–Trinajstić information content (AvgIpc) is 2.79. The maximum absolute atomic E-state index is 13.3. The van der Waals surface area contributed by atoms with E-state index in [-0.39, 0.29) is 24.5 Å². The number of aryl methyl sites for hydroxylation is 1. The van der Waals surface area contributed by atoms with Gasteiger partial charge in [-0.1, -0.05) is 38.1 Å². The summed E-state index contributed by atoms with van der Waals surface area (Å²) in [6, 6.07) is 12.8. The first-order chi connectivity index (χ1) is 15.3. The lowest BCUT2D eigenvalue weighted by atomic mass is 10.1. The minimum atomic E-state index is -0.593. The van der Waals surface area contributed by atoms with Gasteiger partial charge in [0, 0.05) is 12.6 Å². The van der Waals surface area contributed by atoms with Crippen LogP contribution in [0.15, 0.2) is 42.5 Å². The molecule has 1 N–H and O–H groups in total. The van der Waals surface area contributed by atoms with Crippen molar-refractivity contribution in [2.45, 2.75) is 66.1 Å². The lowest BCUT2D eigenvalue weighted by Gasteiger charge is -2.31. The van der Waals surface area contributed by atoms with Crippen LogP contribution in [0.25, 0.3) is 0 Å². The van der Waals surface area contributed by atoms with Gasteiger partial charge in [-0.15, -0.1) is 0 Å². The molecular formula is C26H36N2O4. The van der Waals surface area contributed by atoms with Crippen LogP contribution in [-0.2, 0) is 16.1 Å². The smallest absolute Gasteiger partial charge is 0.261 e. The summed E-state index contributed by atoms with van der Waals surface area (Å²) in [7, 11) is 1.61. The largest absolute Gasteiger partial charge is 0.497 e. The summed E-state index contributed by atoms with van der Waals surface area (Å²) in [5, 5.41) is 3.02. The molecule has 0 saturated heterocycles. The number of rotatable bonds is 11. The molecule has 0 aliphatic rings. The van der Waals surface area contributed by atoms with Crippen molar-refractivity contribution in [3.63, 3.8) is 0 Å². The molecule has 0 unspecified atom stereocenters. The van der Waals surface area contributed by atoms with Gasteiger partial charge in [0.25, 0.3) is 5.91 Å². The van der Waals surface area contributed by atoms with Crippen molar-refractivity contribution in [2.24, 2.45) is 0 Å². The number of benzene rings is 2. The highest BCUT2D eigenvalue weighted by atomic mass is 16.5. The Morgan fingerprint density at radius 2 is 1.78 bits per heavy atom. The maximum atomic E-state index is 13.3. The van der Waals surface area contributed by atoms with Gasteiger partial charge in [0.15, 0.2) is 6.61 Å². The van der Waals surface area contributed by atoms with Crippen LogP contribution in [0.4, 0.5) is 0 Å². The Kier molecular flexibility index (Phi) is 9.57. The SMILES string of the molecule is CC[C@H](C(=O)N[C@@H](C)CC)N(Cc1cccc(OC)c1)C(=O)COc1cccc(C)c1C. The second-order valence-corrected chi connectivity index (χ2v) is 8.10. The van der Waals surface area contributed by atoms with Gasteiger partial charge in [-0.05, 0) is 68.5 Å². The van der Waals surface area contributed by atoms with E-state index in [1.165, 1.54) is 0 Å². The predicted octanol–water partition coefficient (Wildman–Crippen LogP) is 4.41. The number of amides is 2. The molecule has 6 nitrogen and oxygen atoms in total. The number of hydrogen-bond acceptors (Lipinski definition) is 4. The van der Waals surface area contributed by atoms with E-state index < -0.39 is 6.04 Å². The van der Waals surface area contributed by atoms with Gasteiger partial charge in [-0.25, -0.2) is 0 Å². The third kappa shape index (κ3) is 6.74.